The van der Waals surface area contributed by atoms with Crippen molar-refractivity contribution < 1.29 is 5.11 Å². The fourth-order valence-electron chi connectivity index (χ4n) is 2.86. The third kappa shape index (κ3) is 0.983. The molecule has 2 heteroatoms. The lowest BCUT2D eigenvalue weighted by Crippen LogP contribution is -2.30. The molecular formula is C12H15NO. The Kier molecular flexibility index (Phi) is 1.70. The van der Waals surface area contributed by atoms with Crippen LogP contribution in [-0.4, -0.2) is 23.6 Å². The Morgan fingerprint density at radius 2 is 2.29 bits per heavy atom. The van der Waals surface area contributed by atoms with Crippen molar-refractivity contribution >= 4 is 0 Å². The van der Waals surface area contributed by atoms with Crippen molar-refractivity contribution in [2.24, 2.45) is 0 Å². The van der Waals surface area contributed by atoms with Crippen molar-refractivity contribution in [1.82, 2.24) is 4.90 Å². The van der Waals surface area contributed by atoms with Crippen molar-refractivity contribution in [3.05, 3.63) is 34.9 Å². The molecule has 1 N–H and O–H groups in total. The number of aliphatic hydroxyl groups is 1. The first kappa shape index (κ1) is 8.45. The predicted molar refractivity (Wildman–Crippen MR) is 55.1 cm³/mol. The van der Waals surface area contributed by atoms with Crippen LogP contribution in [-0.2, 0) is 6.42 Å². The van der Waals surface area contributed by atoms with Crippen molar-refractivity contribution in [2.75, 3.05) is 13.6 Å². The predicted octanol–water partition coefficient (Wildman–Crippen LogP) is 1.65. The Bertz CT molecular complexity index is 375. The lowest BCUT2D eigenvalue weighted by Gasteiger charge is -2.31. The van der Waals surface area contributed by atoms with E-state index in [0.717, 1.165) is 19.4 Å². The first-order valence-electron chi connectivity index (χ1n) is 5.27. The van der Waals surface area contributed by atoms with Gasteiger partial charge in [0, 0.05) is 12.6 Å². The van der Waals surface area contributed by atoms with Crippen molar-refractivity contribution in [3.8, 4) is 0 Å². The van der Waals surface area contributed by atoms with E-state index in [-0.39, 0.29) is 6.10 Å². The van der Waals surface area contributed by atoms with Crippen LogP contribution in [0.3, 0.4) is 0 Å². The highest BCUT2D eigenvalue weighted by Crippen LogP contribution is 2.45. The van der Waals surface area contributed by atoms with Gasteiger partial charge in [-0.05, 0) is 36.6 Å². The second-order valence-corrected chi connectivity index (χ2v) is 4.42. The van der Waals surface area contributed by atoms with Crippen molar-refractivity contribution in [3.63, 3.8) is 0 Å². The zero-order valence-electron chi connectivity index (χ0n) is 8.40. The lowest BCUT2D eigenvalue weighted by atomic mass is 9.94. The van der Waals surface area contributed by atoms with Gasteiger partial charge >= 0.3 is 0 Å². The van der Waals surface area contributed by atoms with Crippen LogP contribution in [0.15, 0.2) is 18.2 Å². The summed E-state index contributed by atoms with van der Waals surface area (Å²) in [4.78, 5) is 2.36. The van der Waals surface area contributed by atoms with E-state index >= 15 is 0 Å². The average molecular weight is 189 g/mol. The Balaban J connectivity index is 2.20. The number of hydrogen-bond donors (Lipinski definition) is 1. The molecule has 1 aliphatic heterocycles. The molecule has 1 heterocycles. The van der Waals surface area contributed by atoms with Crippen molar-refractivity contribution in [1.29, 1.82) is 0 Å². The zero-order chi connectivity index (χ0) is 9.71. The maximum atomic E-state index is 9.93. The molecule has 3 rings (SSSR count). The van der Waals surface area contributed by atoms with E-state index < -0.39 is 0 Å². The molecular weight excluding hydrogens is 174 g/mol. The van der Waals surface area contributed by atoms with E-state index in [9.17, 15) is 5.11 Å². The van der Waals surface area contributed by atoms with Gasteiger partial charge in [0.25, 0.3) is 0 Å². The second kappa shape index (κ2) is 2.81. The number of likely N-dealkylation sites (N-methyl/N-ethyl adjacent to an activating group) is 1. The smallest absolute Gasteiger partial charge is 0.0811 e. The lowest BCUT2D eigenvalue weighted by molar-refractivity contribution is 0.136. The van der Waals surface area contributed by atoms with Gasteiger partial charge < -0.3 is 5.11 Å². The standard InChI is InChI=1S/C12H15NO/c1-13-6-5-8-3-2-4-9-11(14)7-10(13)12(8)9/h2-4,10-11,14H,5-7H2,1H3. The SMILES string of the molecule is CN1CCc2cccc3c2C1CC3O. The number of aliphatic hydroxyl groups excluding tert-OH is 1. The molecule has 2 unspecified atom stereocenters. The van der Waals surface area contributed by atoms with Gasteiger partial charge in [-0.2, -0.15) is 0 Å². The van der Waals surface area contributed by atoms with Crippen LogP contribution in [0.2, 0.25) is 0 Å². The molecule has 1 aromatic rings. The summed E-state index contributed by atoms with van der Waals surface area (Å²) in [5, 5.41) is 9.93. The molecule has 2 atom stereocenters. The zero-order valence-corrected chi connectivity index (χ0v) is 8.40. The van der Waals surface area contributed by atoms with E-state index in [2.05, 4.69) is 30.1 Å². The fraction of sp³-hybridized carbons (Fsp3) is 0.500. The third-order valence-corrected chi connectivity index (χ3v) is 3.63. The highest BCUT2D eigenvalue weighted by Gasteiger charge is 2.36. The number of benzene rings is 1. The largest absolute Gasteiger partial charge is 0.388 e. The van der Waals surface area contributed by atoms with Crippen LogP contribution < -0.4 is 0 Å². The summed E-state index contributed by atoms with van der Waals surface area (Å²) in [6, 6.07) is 6.81. The number of rotatable bonds is 0. The molecule has 0 bridgehead atoms. The average Bonchev–Trinajstić information content (AvgIpc) is 2.53. The molecule has 1 aliphatic carbocycles. The van der Waals surface area contributed by atoms with E-state index in [1.807, 2.05) is 0 Å². The maximum absolute atomic E-state index is 9.93. The van der Waals surface area contributed by atoms with Crippen LogP contribution in [0.4, 0.5) is 0 Å². The van der Waals surface area contributed by atoms with Crippen LogP contribution in [0.5, 0.6) is 0 Å². The normalized spacial score (nSPS) is 30.4. The Morgan fingerprint density at radius 1 is 1.43 bits per heavy atom. The summed E-state index contributed by atoms with van der Waals surface area (Å²) < 4.78 is 0. The minimum atomic E-state index is -0.240. The first-order chi connectivity index (χ1) is 6.77. The van der Waals surface area contributed by atoms with Gasteiger partial charge in [0.15, 0.2) is 0 Å². The molecule has 14 heavy (non-hydrogen) atoms. The van der Waals surface area contributed by atoms with Gasteiger partial charge in [-0.25, -0.2) is 0 Å². The Morgan fingerprint density at radius 3 is 3.14 bits per heavy atom. The Hall–Kier alpha value is -0.860. The van der Waals surface area contributed by atoms with Gasteiger partial charge in [0.1, 0.15) is 0 Å². The van der Waals surface area contributed by atoms with Crippen LogP contribution in [0.25, 0.3) is 0 Å². The molecule has 0 saturated heterocycles. The maximum Gasteiger partial charge on any atom is 0.0811 e. The third-order valence-electron chi connectivity index (χ3n) is 3.63. The summed E-state index contributed by atoms with van der Waals surface area (Å²) in [6.45, 7) is 1.12. The minimum absolute atomic E-state index is 0.240. The summed E-state index contributed by atoms with van der Waals surface area (Å²) >= 11 is 0. The number of nitrogens with zero attached hydrogens (tertiary/aromatic N) is 1. The van der Waals surface area contributed by atoms with Crippen LogP contribution in [0.1, 0.15) is 35.3 Å². The highest BCUT2D eigenvalue weighted by atomic mass is 16.3. The van der Waals surface area contributed by atoms with Gasteiger partial charge in [-0.15, -0.1) is 0 Å². The molecule has 0 amide bonds. The van der Waals surface area contributed by atoms with Gasteiger partial charge in [-0.3, -0.25) is 4.90 Å². The van der Waals surface area contributed by atoms with E-state index in [0.29, 0.717) is 6.04 Å². The van der Waals surface area contributed by atoms with Crippen LogP contribution in [0, 0.1) is 0 Å². The topological polar surface area (TPSA) is 23.5 Å². The molecule has 0 fully saturated rings. The highest BCUT2D eigenvalue weighted by molar-refractivity contribution is 5.44. The molecule has 74 valence electrons. The quantitative estimate of drug-likeness (QED) is 0.671. The Labute approximate surface area is 84.2 Å². The van der Waals surface area contributed by atoms with Crippen molar-refractivity contribution in [2.45, 2.75) is 25.0 Å². The molecule has 0 saturated carbocycles. The van der Waals surface area contributed by atoms with E-state index in [1.165, 1.54) is 16.7 Å². The molecule has 2 nitrogen and oxygen atoms in total. The first-order valence-corrected chi connectivity index (χ1v) is 5.27. The van der Waals surface area contributed by atoms with Crippen LogP contribution >= 0.6 is 0 Å². The molecule has 0 radical (unpaired) electrons. The minimum Gasteiger partial charge on any atom is -0.388 e. The summed E-state index contributed by atoms with van der Waals surface area (Å²) in [5.41, 5.74) is 4.02. The number of hydrogen-bond acceptors (Lipinski definition) is 2. The monoisotopic (exact) mass is 189 g/mol. The summed E-state index contributed by atoms with van der Waals surface area (Å²) in [7, 11) is 2.16. The van der Waals surface area contributed by atoms with E-state index in [1.54, 1.807) is 0 Å². The molecule has 2 aliphatic rings. The van der Waals surface area contributed by atoms with Gasteiger partial charge in [0.05, 0.1) is 6.10 Å². The second-order valence-electron chi connectivity index (χ2n) is 4.42. The summed E-state index contributed by atoms with van der Waals surface area (Å²) in [5.74, 6) is 0. The molecule has 1 aromatic carbocycles. The van der Waals surface area contributed by atoms with E-state index in [4.69, 9.17) is 0 Å². The molecule has 0 aromatic heterocycles. The van der Waals surface area contributed by atoms with Gasteiger partial charge in [-0.1, -0.05) is 18.2 Å². The van der Waals surface area contributed by atoms with Gasteiger partial charge in [0.2, 0.25) is 0 Å². The summed E-state index contributed by atoms with van der Waals surface area (Å²) in [6.07, 6.45) is 1.77. The fourth-order valence-corrected chi connectivity index (χ4v) is 2.86. The molecule has 0 spiro atoms.